The van der Waals surface area contributed by atoms with Crippen LogP contribution in [0.2, 0.25) is 0 Å². The number of anilines is 1. The summed E-state index contributed by atoms with van der Waals surface area (Å²) in [4.78, 5) is 11.2. The van der Waals surface area contributed by atoms with E-state index < -0.39 is 16.0 Å². The van der Waals surface area contributed by atoms with E-state index >= 15 is 0 Å². The number of carboxylic acids is 1. The Hall–Kier alpha value is -2.34. The van der Waals surface area contributed by atoms with Crippen molar-refractivity contribution < 1.29 is 18.3 Å². The molecule has 6 rings (SSSR count). The lowest BCUT2D eigenvalue weighted by molar-refractivity contribution is -0.00521. The molecule has 4 fully saturated rings. The summed E-state index contributed by atoms with van der Waals surface area (Å²) in [6.07, 6.45) is 7.90. The first kappa shape index (κ1) is 18.7. The predicted molar refractivity (Wildman–Crippen MR) is 111 cm³/mol. The topological polar surface area (TPSA) is 83.5 Å². The van der Waals surface area contributed by atoms with E-state index in [-0.39, 0.29) is 15.9 Å². The summed E-state index contributed by atoms with van der Waals surface area (Å²) in [7, 11) is -3.72. The van der Waals surface area contributed by atoms with Crippen LogP contribution in [0, 0.1) is 17.8 Å². The largest absolute Gasteiger partial charge is 0.478 e. The van der Waals surface area contributed by atoms with E-state index in [0.29, 0.717) is 5.69 Å². The van der Waals surface area contributed by atoms with Gasteiger partial charge in [-0.25, -0.2) is 13.2 Å². The normalized spacial score (nSPS) is 30.3. The molecule has 0 unspecified atom stereocenters. The molecular formula is C23H25NO4S. The number of rotatable bonds is 5. The van der Waals surface area contributed by atoms with Crippen LogP contribution in [0.5, 0.6) is 0 Å². The van der Waals surface area contributed by atoms with Crippen molar-refractivity contribution in [2.75, 3.05) is 4.72 Å². The number of hydrogen-bond acceptors (Lipinski definition) is 3. The molecule has 6 heteroatoms. The van der Waals surface area contributed by atoms with Crippen molar-refractivity contribution in [1.82, 2.24) is 0 Å². The van der Waals surface area contributed by atoms with Crippen molar-refractivity contribution in [3.63, 3.8) is 0 Å². The first-order valence-corrected chi connectivity index (χ1v) is 11.8. The number of sulfonamides is 1. The maximum absolute atomic E-state index is 12.8. The Balaban J connectivity index is 1.36. The second kappa shape index (κ2) is 6.59. The molecule has 4 bridgehead atoms. The van der Waals surface area contributed by atoms with E-state index in [4.69, 9.17) is 5.11 Å². The number of hydrogen-bond donors (Lipinski definition) is 2. The van der Waals surface area contributed by atoms with Gasteiger partial charge in [-0.1, -0.05) is 12.1 Å². The molecule has 2 aromatic rings. The van der Waals surface area contributed by atoms with E-state index in [9.17, 15) is 13.2 Å². The average molecular weight is 412 g/mol. The minimum Gasteiger partial charge on any atom is -0.478 e. The van der Waals surface area contributed by atoms with Gasteiger partial charge in [-0.05, 0) is 104 Å². The van der Waals surface area contributed by atoms with Crippen LogP contribution in [0.15, 0.2) is 53.4 Å². The molecule has 29 heavy (non-hydrogen) atoms. The smallest absolute Gasteiger partial charge is 0.335 e. The molecule has 2 N–H and O–H groups in total. The fourth-order valence-electron chi connectivity index (χ4n) is 6.35. The highest BCUT2D eigenvalue weighted by atomic mass is 32.2. The molecule has 4 aliphatic rings. The fraction of sp³-hybridized carbons (Fsp3) is 0.435. The Morgan fingerprint density at radius 3 is 1.86 bits per heavy atom. The Labute approximate surface area is 171 Å². The van der Waals surface area contributed by atoms with Crippen molar-refractivity contribution >= 4 is 21.7 Å². The molecule has 0 amide bonds. The second-order valence-electron chi connectivity index (χ2n) is 9.21. The van der Waals surface area contributed by atoms with Gasteiger partial charge in [0.15, 0.2) is 0 Å². The molecule has 4 aliphatic carbocycles. The van der Waals surface area contributed by atoms with Gasteiger partial charge in [0, 0.05) is 5.69 Å². The lowest BCUT2D eigenvalue weighted by atomic mass is 9.48. The van der Waals surface area contributed by atoms with Gasteiger partial charge in [-0.3, -0.25) is 4.72 Å². The molecule has 0 saturated heterocycles. The van der Waals surface area contributed by atoms with Crippen LogP contribution in [-0.2, 0) is 15.4 Å². The van der Waals surface area contributed by atoms with Crippen molar-refractivity contribution in [2.45, 2.75) is 48.8 Å². The summed E-state index contributed by atoms with van der Waals surface area (Å²) < 4.78 is 28.0. The lowest BCUT2D eigenvalue weighted by Gasteiger charge is -2.57. The van der Waals surface area contributed by atoms with Gasteiger partial charge in [0.05, 0.1) is 10.5 Å². The average Bonchev–Trinajstić information content (AvgIpc) is 2.67. The van der Waals surface area contributed by atoms with Crippen molar-refractivity contribution in [3.05, 3.63) is 59.7 Å². The van der Waals surface area contributed by atoms with Crippen LogP contribution >= 0.6 is 0 Å². The number of carbonyl (C=O) groups is 1. The standard InChI is InChI=1S/C23H25NO4S/c25-22(26)18-1-5-20(6-2-18)24-29(27,28)21-7-3-19(4-8-21)23-12-15-9-16(13-23)11-17(10-15)14-23/h1-8,15-17,24H,9-14H2,(H,25,26). The van der Waals surface area contributed by atoms with Crippen LogP contribution in [0.1, 0.15) is 54.4 Å². The zero-order valence-corrected chi connectivity index (χ0v) is 17.0. The quantitative estimate of drug-likeness (QED) is 0.750. The van der Waals surface area contributed by atoms with Crippen LogP contribution in [0.25, 0.3) is 0 Å². The lowest BCUT2D eigenvalue weighted by Crippen LogP contribution is -2.48. The monoisotopic (exact) mass is 411 g/mol. The van der Waals surface area contributed by atoms with Gasteiger partial charge in [-0.15, -0.1) is 0 Å². The summed E-state index contributed by atoms with van der Waals surface area (Å²) in [5.41, 5.74) is 2.01. The molecule has 0 spiro atoms. The molecule has 0 atom stereocenters. The van der Waals surface area contributed by atoms with Crippen LogP contribution in [0.3, 0.4) is 0 Å². The minimum absolute atomic E-state index is 0.118. The summed E-state index contributed by atoms with van der Waals surface area (Å²) in [6.45, 7) is 0. The third-order valence-corrected chi connectivity index (χ3v) is 8.60. The maximum atomic E-state index is 12.8. The highest BCUT2D eigenvalue weighted by Gasteiger charge is 2.51. The number of nitrogens with one attached hydrogen (secondary N) is 1. The maximum Gasteiger partial charge on any atom is 0.335 e. The SMILES string of the molecule is O=C(O)c1ccc(NS(=O)(=O)c2ccc(C34CC5CC(CC(C5)C3)C4)cc2)cc1. The van der Waals surface area contributed by atoms with Crippen molar-refractivity contribution in [3.8, 4) is 0 Å². The van der Waals surface area contributed by atoms with Gasteiger partial charge in [-0.2, -0.15) is 0 Å². The number of benzene rings is 2. The predicted octanol–water partition coefficient (Wildman–Crippen LogP) is 4.65. The van der Waals surface area contributed by atoms with Gasteiger partial charge in [0.25, 0.3) is 10.0 Å². The third-order valence-electron chi connectivity index (χ3n) is 7.20. The van der Waals surface area contributed by atoms with Gasteiger partial charge in [0.2, 0.25) is 0 Å². The number of carboxylic acid groups (broad SMARTS) is 1. The summed E-state index contributed by atoms with van der Waals surface area (Å²) in [6, 6.07) is 13.1. The molecule has 0 aliphatic heterocycles. The third kappa shape index (κ3) is 3.33. The van der Waals surface area contributed by atoms with E-state index in [1.54, 1.807) is 12.1 Å². The first-order chi connectivity index (χ1) is 13.8. The van der Waals surface area contributed by atoms with Gasteiger partial charge < -0.3 is 5.11 Å². The molecule has 0 heterocycles. The summed E-state index contributed by atoms with van der Waals surface area (Å²) >= 11 is 0. The highest BCUT2D eigenvalue weighted by Crippen LogP contribution is 2.60. The van der Waals surface area contributed by atoms with Gasteiger partial charge in [0.1, 0.15) is 0 Å². The van der Waals surface area contributed by atoms with Crippen molar-refractivity contribution in [1.29, 1.82) is 0 Å². The molecule has 4 saturated carbocycles. The second-order valence-corrected chi connectivity index (χ2v) is 10.9. The van der Waals surface area contributed by atoms with Crippen LogP contribution in [0.4, 0.5) is 5.69 Å². The Bertz CT molecular complexity index is 1010. The van der Waals surface area contributed by atoms with E-state index in [2.05, 4.69) is 4.72 Å². The molecule has 5 nitrogen and oxygen atoms in total. The fourth-order valence-corrected chi connectivity index (χ4v) is 7.41. The van der Waals surface area contributed by atoms with E-state index in [1.165, 1.54) is 68.4 Å². The number of aromatic carboxylic acids is 1. The molecular weight excluding hydrogens is 386 g/mol. The van der Waals surface area contributed by atoms with E-state index in [0.717, 1.165) is 17.8 Å². The van der Waals surface area contributed by atoms with E-state index in [1.807, 2.05) is 12.1 Å². The molecule has 152 valence electrons. The molecule has 0 aromatic heterocycles. The van der Waals surface area contributed by atoms with Crippen molar-refractivity contribution in [2.24, 2.45) is 17.8 Å². The molecule has 2 aromatic carbocycles. The van der Waals surface area contributed by atoms with Crippen LogP contribution < -0.4 is 4.72 Å². The Morgan fingerprint density at radius 2 is 1.38 bits per heavy atom. The van der Waals surface area contributed by atoms with Gasteiger partial charge >= 0.3 is 5.97 Å². The highest BCUT2D eigenvalue weighted by molar-refractivity contribution is 7.92. The summed E-state index contributed by atoms with van der Waals surface area (Å²) in [5, 5.41) is 8.96. The van der Waals surface area contributed by atoms with Crippen LogP contribution in [-0.4, -0.2) is 19.5 Å². The zero-order chi connectivity index (χ0) is 20.2. The summed E-state index contributed by atoms with van der Waals surface area (Å²) in [5.74, 6) is 1.50. The first-order valence-electron chi connectivity index (χ1n) is 10.3. The Kier molecular flexibility index (Phi) is 4.24. The minimum atomic E-state index is -3.72. The Morgan fingerprint density at radius 1 is 0.862 bits per heavy atom. The molecule has 0 radical (unpaired) electrons. The zero-order valence-electron chi connectivity index (χ0n) is 16.2.